The van der Waals surface area contributed by atoms with Crippen molar-refractivity contribution in [1.29, 1.82) is 5.26 Å². The summed E-state index contributed by atoms with van der Waals surface area (Å²) in [5, 5.41) is 13.4. The highest BCUT2D eigenvalue weighted by atomic mass is 16.5. The maximum Gasteiger partial charge on any atom is 0.255 e. The van der Waals surface area contributed by atoms with Crippen LogP contribution in [0, 0.1) is 24.2 Å². The molecule has 8 nitrogen and oxygen atoms in total. The minimum absolute atomic E-state index is 0.0269. The van der Waals surface area contributed by atoms with E-state index in [-0.39, 0.29) is 29.2 Å². The molecule has 3 aromatic rings. The lowest BCUT2D eigenvalue weighted by Crippen LogP contribution is -2.53. The van der Waals surface area contributed by atoms with Gasteiger partial charge in [-0.2, -0.15) is 5.26 Å². The Kier molecular flexibility index (Phi) is 7.00. The first-order valence-electron chi connectivity index (χ1n) is 12.6. The molecule has 1 atom stereocenters. The van der Waals surface area contributed by atoms with Crippen LogP contribution in [0.1, 0.15) is 73.5 Å². The van der Waals surface area contributed by atoms with E-state index in [4.69, 9.17) is 4.74 Å². The Morgan fingerprint density at radius 1 is 1.30 bits per heavy atom. The van der Waals surface area contributed by atoms with Gasteiger partial charge in [-0.15, -0.1) is 0 Å². The monoisotopic (exact) mass is 501 g/mol. The number of pyridine rings is 1. The van der Waals surface area contributed by atoms with Gasteiger partial charge in [0.2, 0.25) is 5.91 Å². The number of nitrogens with one attached hydrogen (secondary N) is 1. The van der Waals surface area contributed by atoms with Crippen LogP contribution in [-0.2, 0) is 11.8 Å². The Morgan fingerprint density at radius 3 is 2.65 bits per heavy atom. The van der Waals surface area contributed by atoms with E-state index < -0.39 is 0 Å². The average Bonchev–Trinajstić information content (AvgIpc) is 3.21. The molecule has 1 aliphatic rings. The number of hydrogen-bond acceptors (Lipinski definition) is 5. The number of piperidine rings is 1. The highest BCUT2D eigenvalue weighted by Crippen LogP contribution is 2.42. The molecule has 8 heteroatoms. The number of anilines is 1. The van der Waals surface area contributed by atoms with Gasteiger partial charge in [-0.05, 0) is 68.9 Å². The molecule has 1 N–H and O–H groups in total. The number of benzene rings is 1. The second-order valence-electron chi connectivity index (χ2n) is 10.8. The number of methoxy groups -OCH3 is 1. The SMILES string of the molecule is COc1ccc(C(=O)Nc2cnc3c(c([C@@H]4CCN(C(=O)C(C)C)C(C)(C)C4)cn3C)c2C)cc1C#N. The summed E-state index contributed by atoms with van der Waals surface area (Å²) in [4.78, 5) is 32.6. The molecule has 1 saturated heterocycles. The van der Waals surface area contributed by atoms with Crippen molar-refractivity contribution < 1.29 is 14.3 Å². The fourth-order valence-electron chi connectivity index (χ4n) is 5.49. The largest absolute Gasteiger partial charge is 0.495 e. The summed E-state index contributed by atoms with van der Waals surface area (Å²) in [7, 11) is 3.48. The van der Waals surface area contributed by atoms with Crippen molar-refractivity contribution in [3.8, 4) is 11.8 Å². The molecular weight excluding hydrogens is 466 g/mol. The van der Waals surface area contributed by atoms with Crippen LogP contribution in [0.3, 0.4) is 0 Å². The van der Waals surface area contributed by atoms with Crippen molar-refractivity contribution in [2.45, 2.75) is 58.9 Å². The van der Waals surface area contributed by atoms with E-state index in [1.807, 2.05) is 37.3 Å². The van der Waals surface area contributed by atoms with Gasteiger partial charge in [-0.1, -0.05) is 13.8 Å². The molecule has 0 saturated carbocycles. The minimum atomic E-state index is -0.317. The molecule has 0 spiro atoms. The number of aryl methyl sites for hydroxylation is 2. The van der Waals surface area contributed by atoms with Gasteiger partial charge in [0.1, 0.15) is 17.5 Å². The lowest BCUT2D eigenvalue weighted by atomic mass is 9.78. The third kappa shape index (κ3) is 4.78. The van der Waals surface area contributed by atoms with Gasteiger partial charge in [0.25, 0.3) is 5.91 Å². The van der Waals surface area contributed by atoms with Gasteiger partial charge in [0, 0.05) is 42.2 Å². The van der Waals surface area contributed by atoms with Crippen LogP contribution in [0.2, 0.25) is 0 Å². The first-order chi connectivity index (χ1) is 17.5. The predicted octanol–water partition coefficient (Wildman–Crippen LogP) is 5.15. The molecule has 2 amide bonds. The third-order valence-corrected chi connectivity index (χ3v) is 7.48. The Balaban J connectivity index is 1.66. The highest BCUT2D eigenvalue weighted by Gasteiger charge is 2.39. The number of aromatic nitrogens is 2. The molecule has 2 aromatic heterocycles. The molecule has 194 valence electrons. The maximum atomic E-state index is 13.1. The summed E-state index contributed by atoms with van der Waals surface area (Å²) in [6.45, 7) is 10.9. The molecular formula is C29H35N5O3. The number of nitriles is 1. The second-order valence-corrected chi connectivity index (χ2v) is 10.8. The van der Waals surface area contributed by atoms with Crippen LogP contribution in [0.15, 0.2) is 30.6 Å². The van der Waals surface area contributed by atoms with E-state index in [0.717, 1.165) is 29.4 Å². The summed E-state index contributed by atoms with van der Waals surface area (Å²) in [5.41, 5.74) is 4.05. The fraction of sp³-hybridized carbons (Fsp3) is 0.448. The Morgan fingerprint density at radius 2 is 2.03 bits per heavy atom. The predicted molar refractivity (Wildman–Crippen MR) is 144 cm³/mol. The van der Waals surface area contributed by atoms with Crippen molar-refractivity contribution in [1.82, 2.24) is 14.5 Å². The topological polar surface area (TPSA) is 100 Å². The minimum Gasteiger partial charge on any atom is -0.495 e. The Labute approximate surface area is 218 Å². The van der Waals surface area contributed by atoms with Crippen molar-refractivity contribution in [2.24, 2.45) is 13.0 Å². The van der Waals surface area contributed by atoms with E-state index in [0.29, 0.717) is 29.1 Å². The number of rotatable bonds is 5. The molecule has 0 radical (unpaired) electrons. The lowest BCUT2D eigenvalue weighted by Gasteiger charge is -2.46. The summed E-state index contributed by atoms with van der Waals surface area (Å²) in [6, 6.07) is 6.85. The molecule has 3 heterocycles. The zero-order valence-electron chi connectivity index (χ0n) is 22.7. The van der Waals surface area contributed by atoms with E-state index in [2.05, 4.69) is 36.4 Å². The van der Waals surface area contributed by atoms with Crippen molar-refractivity contribution >= 4 is 28.5 Å². The highest BCUT2D eigenvalue weighted by molar-refractivity contribution is 6.06. The number of hydrogen-bond donors (Lipinski definition) is 1. The van der Waals surface area contributed by atoms with E-state index in [9.17, 15) is 14.9 Å². The normalized spacial score (nSPS) is 17.1. The zero-order chi connectivity index (χ0) is 27.1. The maximum absolute atomic E-state index is 13.1. The van der Waals surface area contributed by atoms with Crippen LogP contribution >= 0.6 is 0 Å². The van der Waals surface area contributed by atoms with Crippen LogP contribution in [0.4, 0.5) is 5.69 Å². The smallest absolute Gasteiger partial charge is 0.255 e. The van der Waals surface area contributed by atoms with Gasteiger partial charge >= 0.3 is 0 Å². The molecule has 1 aliphatic heterocycles. The average molecular weight is 502 g/mol. The number of likely N-dealkylation sites (tertiary alicyclic amines) is 1. The van der Waals surface area contributed by atoms with Crippen molar-refractivity contribution in [3.63, 3.8) is 0 Å². The number of nitrogens with zero attached hydrogens (tertiary/aromatic N) is 4. The van der Waals surface area contributed by atoms with Crippen LogP contribution in [0.5, 0.6) is 5.75 Å². The first-order valence-corrected chi connectivity index (χ1v) is 12.6. The van der Waals surface area contributed by atoms with Crippen molar-refractivity contribution in [3.05, 3.63) is 52.8 Å². The Hall–Kier alpha value is -3.86. The Bertz CT molecular complexity index is 1410. The third-order valence-electron chi connectivity index (χ3n) is 7.48. The van der Waals surface area contributed by atoms with Crippen LogP contribution in [-0.4, -0.2) is 45.5 Å². The quantitative estimate of drug-likeness (QED) is 0.521. The van der Waals surface area contributed by atoms with E-state index in [1.54, 1.807) is 18.3 Å². The fourth-order valence-corrected chi connectivity index (χ4v) is 5.49. The second kappa shape index (κ2) is 9.89. The summed E-state index contributed by atoms with van der Waals surface area (Å²) >= 11 is 0. The molecule has 0 bridgehead atoms. The summed E-state index contributed by atoms with van der Waals surface area (Å²) in [6.07, 6.45) is 5.55. The van der Waals surface area contributed by atoms with Gasteiger partial charge in [0.05, 0.1) is 24.6 Å². The van der Waals surface area contributed by atoms with Crippen LogP contribution in [0.25, 0.3) is 11.0 Å². The first kappa shape index (κ1) is 26.2. The standard InChI is InChI=1S/C29H35N5O3/c1-17(2)28(36)34-11-10-20(13-29(34,4)5)22-16-33(6)26-25(22)18(3)23(15-31-26)32-27(35)19-8-9-24(37-7)21(12-19)14-30/h8-9,12,15-17,20H,10-11,13H2,1-7H3,(H,32,35)/t20-/m1/s1. The molecule has 37 heavy (non-hydrogen) atoms. The molecule has 1 aromatic carbocycles. The number of amides is 2. The summed E-state index contributed by atoms with van der Waals surface area (Å²) in [5.74, 6) is 0.545. The van der Waals surface area contributed by atoms with Gasteiger partial charge < -0.3 is 19.5 Å². The number of carbonyl (C=O) groups is 2. The number of fused-ring (bicyclic) bond motifs is 1. The lowest BCUT2D eigenvalue weighted by molar-refractivity contribution is -0.142. The number of ether oxygens (including phenoxy) is 1. The zero-order valence-corrected chi connectivity index (χ0v) is 22.7. The van der Waals surface area contributed by atoms with E-state index >= 15 is 0 Å². The molecule has 0 unspecified atom stereocenters. The van der Waals surface area contributed by atoms with Gasteiger partial charge in [0.15, 0.2) is 0 Å². The molecule has 0 aliphatic carbocycles. The van der Waals surface area contributed by atoms with Gasteiger partial charge in [-0.3, -0.25) is 9.59 Å². The molecule has 1 fully saturated rings. The van der Waals surface area contributed by atoms with Crippen molar-refractivity contribution in [2.75, 3.05) is 19.0 Å². The molecule has 4 rings (SSSR count). The van der Waals surface area contributed by atoms with E-state index in [1.165, 1.54) is 18.7 Å². The summed E-state index contributed by atoms with van der Waals surface area (Å²) < 4.78 is 7.22. The number of carbonyl (C=O) groups excluding carboxylic acids is 2. The van der Waals surface area contributed by atoms with Crippen LogP contribution < -0.4 is 10.1 Å². The van der Waals surface area contributed by atoms with Gasteiger partial charge in [-0.25, -0.2) is 4.98 Å².